The van der Waals surface area contributed by atoms with E-state index in [2.05, 4.69) is 44.5 Å². The van der Waals surface area contributed by atoms with Gasteiger partial charge in [-0.2, -0.15) is 0 Å². The fourth-order valence-corrected chi connectivity index (χ4v) is 5.53. The van der Waals surface area contributed by atoms with Crippen molar-refractivity contribution in [2.45, 2.75) is 70.9 Å². The zero-order valence-corrected chi connectivity index (χ0v) is 18.5. The largest absolute Gasteiger partial charge is 0.321 e. The molecule has 1 saturated heterocycles. The van der Waals surface area contributed by atoms with Crippen molar-refractivity contribution in [3.05, 3.63) is 51.6 Å². The number of piperidine rings is 1. The minimum atomic E-state index is -0.228. The molecule has 3 heterocycles. The number of hydrogen-bond acceptors (Lipinski definition) is 5. The SMILES string of the molecule is Cc1cccc2cc([C@H](c3nnnn3C3CCCCC3)N3CCC[C@H](C)C3)c(=O)[nH]c12. The van der Waals surface area contributed by atoms with E-state index in [9.17, 15) is 4.79 Å². The average Bonchev–Trinajstić information content (AvgIpc) is 3.25. The first-order valence-corrected chi connectivity index (χ1v) is 11.8. The molecule has 2 aromatic heterocycles. The lowest BCUT2D eigenvalue weighted by Crippen LogP contribution is -2.41. The Bertz CT molecular complexity index is 1110. The number of aromatic nitrogens is 5. The number of hydrogen-bond donors (Lipinski definition) is 1. The predicted molar refractivity (Wildman–Crippen MR) is 121 cm³/mol. The van der Waals surface area contributed by atoms with Crippen LogP contribution in [0.15, 0.2) is 29.1 Å². The number of benzene rings is 1. The number of aryl methyl sites for hydroxylation is 1. The Kier molecular flexibility index (Phi) is 5.61. The lowest BCUT2D eigenvalue weighted by Gasteiger charge is -2.37. The number of likely N-dealkylation sites (tertiary alicyclic amines) is 1. The third-order valence-electron chi connectivity index (χ3n) is 7.15. The van der Waals surface area contributed by atoms with Gasteiger partial charge in [-0.05, 0) is 72.5 Å². The van der Waals surface area contributed by atoms with Gasteiger partial charge in [0.25, 0.3) is 5.56 Å². The van der Waals surface area contributed by atoms with E-state index in [4.69, 9.17) is 0 Å². The van der Waals surface area contributed by atoms with Crippen LogP contribution in [0.25, 0.3) is 10.9 Å². The molecule has 2 atom stereocenters. The van der Waals surface area contributed by atoms with Crippen LogP contribution in [0.5, 0.6) is 0 Å². The fraction of sp³-hybridized carbons (Fsp3) is 0.583. The summed E-state index contributed by atoms with van der Waals surface area (Å²) in [4.78, 5) is 19.0. The number of para-hydroxylation sites is 1. The second-order valence-corrected chi connectivity index (χ2v) is 9.51. The van der Waals surface area contributed by atoms with E-state index in [1.165, 1.54) is 25.7 Å². The van der Waals surface area contributed by atoms with Crippen molar-refractivity contribution in [3.63, 3.8) is 0 Å². The second kappa shape index (κ2) is 8.54. The van der Waals surface area contributed by atoms with Crippen molar-refractivity contribution in [1.82, 2.24) is 30.1 Å². The fourth-order valence-electron chi connectivity index (χ4n) is 5.53. The topological polar surface area (TPSA) is 79.7 Å². The molecular weight excluding hydrogens is 388 g/mol. The molecule has 3 aromatic rings. The summed E-state index contributed by atoms with van der Waals surface area (Å²) in [5.74, 6) is 1.41. The maximum Gasteiger partial charge on any atom is 0.253 e. The van der Waals surface area contributed by atoms with Gasteiger partial charge < -0.3 is 4.98 Å². The lowest BCUT2D eigenvalue weighted by molar-refractivity contribution is 0.138. The van der Waals surface area contributed by atoms with Crippen molar-refractivity contribution in [1.29, 1.82) is 0 Å². The summed E-state index contributed by atoms with van der Waals surface area (Å²) in [5, 5.41) is 14.1. The number of rotatable bonds is 4. The Morgan fingerprint density at radius 2 is 1.97 bits per heavy atom. The zero-order chi connectivity index (χ0) is 21.4. The van der Waals surface area contributed by atoms with Gasteiger partial charge >= 0.3 is 0 Å². The van der Waals surface area contributed by atoms with Gasteiger partial charge in [0.1, 0.15) is 6.04 Å². The van der Waals surface area contributed by atoms with Crippen LogP contribution in [0, 0.1) is 12.8 Å². The molecule has 0 unspecified atom stereocenters. The summed E-state index contributed by atoms with van der Waals surface area (Å²) in [5.41, 5.74) is 2.70. The standard InChI is InChI=1S/C24H32N6O/c1-16-8-7-13-29(15-16)22(23-26-27-28-30(23)19-11-4-3-5-12-19)20-14-18-10-6-9-17(2)21(18)25-24(20)31/h6,9-10,14,16,19,22H,3-5,7-8,11-13,15H2,1-2H3,(H,25,31)/t16-,22+/m0/s1. The van der Waals surface area contributed by atoms with Crippen molar-refractivity contribution in [2.75, 3.05) is 13.1 Å². The molecule has 2 fully saturated rings. The van der Waals surface area contributed by atoms with E-state index in [1.807, 2.05) is 23.7 Å². The van der Waals surface area contributed by atoms with E-state index in [1.54, 1.807) is 0 Å². The monoisotopic (exact) mass is 420 g/mol. The van der Waals surface area contributed by atoms with Crippen LogP contribution in [0.4, 0.5) is 0 Å². The van der Waals surface area contributed by atoms with Crippen LogP contribution in [-0.4, -0.2) is 43.2 Å². The van der Waals surface area contributed by atoms with Gasteiger partial charge in [-0.1, -0.05) is 44.4 Å². The zero-order valence-electron chi connectivity index (χ0n) is 18.5. The summed E-state index contributed by atoms with van der Waals surface area (Å²) in [7, 11) is 0. The number of nitrogens with zero attached hydrogens (tertiary/aromatic N) is 5. The van der Waals surface area contributed by atoms with Gasteiger partial charge in [0.15, 0.2) is 5.82 Å². The molecule has 0 amide bonds. The van der Waals surface area contributed by atoms with Gasteiger partial charge in [-0.3, -0.25) is 9.69 Å². The Labute approximate surface area is 182 Å². The number of aromatic amines is 1. The Balaban J connectivity index is 1.64. The van der Waals surface area contributed by atoms with Crippen LogP contribution >= 0.6 is 0 Å². The molecule has 0 spiro atoms. The third kappa shape index (κ3) is 3.91. The maximum absolute atomic E-state index is 13.4. The van der Waals surface area contributed by atoms with E-state index in [0.717, 1.165) is 60.2 Å². The smallest absolute Gasteiger partial charge is 0.253 e. The summed E-state index contributed by atoms with van der Waals surface area (Å²) in [6.07, 6.45) is 8.28. The highest BCUT2D eigenvalue weighted by molar-refractivity contribution is 5.82. The normalized spacial score (nSPS) is 22.1. The predicted octanol–water partition coefficient (Wildman–Crippen LogP) is 4.15. The molecule has 1 saturated carbocycles. The molecule has 1 aliphatic carbocycles. The van der Waals surface area contributed by atoms with Crippen molar-refractivity contribution in [3.8, 4) is 0 Å². The van der Waals surface area contributed by atoms with Gasteiger partial charge in [-0.25, -0.2) is 4.68 Å². The Hall–Kier alpha value is -2.54. The minimum Gasteiger partial charge on any atom is -0.321 e. The second-order valence-electron chi connectivity index (χ2n) is 9.51. The Morgan fingerprint density at radius 3 is 2.77 bits per heavy atom. The van der Waals surface area contributed by atoms with Crippen LogP contribution in [0.2, 0.25) is 0 Å². The molecule has 31 heavy (non-hydrogen) atoms. The van der Waals surface area contributed by atoms with E-state index in [-0.39, 0.29) is 11.6 Å². The molecule has 0 radical (unpaired) electrons. The molecule has 164 valence electrons. The molecule has 1 aromatic carbocycles. The van der Waals surface area contributed by atoms with E-state index in [0.29, 0.717) is 12.0 Å². The highest BCUT2D eigenvalue weighted by atomic mass is 16.1. The number of fused-ring (bicyclic) bond motifs is 1. The maximum atomic E-state index is 13.4. The van der Waals surface area contributed by atoms with Gasteiger partial charge in [0.05, 0.1) is 11.6 Å². The van der Waals surface area contributed by atoms with Crippen molar-refractivity contribution in [2.24, 2.45) is 5.92 Å². The quantitative estimate of drug-likeness (QED) is 0.686. The summed E-state index contributed by atoms with van der Waals surface area (Å²) >= 11 is 0. The molecular formula is C24H32N6O. The first-order chi connectivity index (χ1) is 15.1. The minimum absolute atomic E-state index is 0.0387. The molecule has 2 aliphatic rings. The highest BCUT2D eigenvalue weighted by Crippen LogP contribution is 2.34. The first-order valence-electron chi connectivity index (χ1n) is 11.8. The van der Waals surface area contributed by atoms with E-state index >= 15 is 0 Å². The molecule has 5 rings (SSSR count). The Morgan fingerprint density at radius 1 is 1.13 bits per heavy atom. The highest BCUT2D eigenvalue weighted by Gasteiger charge is 2.34. The third-order valence-corrected chi connectivity index (χ3v) is 7.15. The number of pyridine rings is 1. The van der Waals surface area contributed by atoms with Crippen LogP contribution < -0.4 is 5.56 Å². The number of nitrogens with one attached hydrogen (secondary N) is 1. The van der Waals surface area contributed by atoms with Crippen LogP contribution in [-0.2, 0) is 0 Å². The molecule has 7 nitrogen and oxygen atoms in total. The molecule has 1 N–H and O–H groups in total. The van der Waals surface area contributed by atoms with Crippen molar-refractivity contribution < 1.29 is 0 Å². The van der Waals surface area contributed by atoms with Gasteiger partial charge in [0.2, 0.25) is 0 Å². The molecule has 7 heteroatoms. The average molecular weight is 421 g/mol. The van der Waals surface area contributed by atoms with Crippen molar-refractivity contribution >= 4 is 10.9 Å². The number of H-pyrrole nitrogens is 1. The number of tetrazole rings is 1. The summed E-state index contributed by atoms with van der Waals surface area (Å²) in [6, 6.07) is 8.31. The summed E-state index contributed by atoms with van der Waals surface area (Å²) in [6.45, 7) is 6.23. The van der Waals surface area contributed by atoms with Crippen LogP contribution in [0.3, 0.4) is 0 Å². The van der Waals surface area contributed by atoms with E-state index < -0.39 is 0 Å². The molecule has 1 aliphatic heterocycles. The summed E-state index contributed by atoms with van der Waals surface area (Å²) < 4.78 is 2.03. The van der Waals surface area contributed by atoms with Gasteiger partial charge in [-0.15, -0.1) is 5.10 Å². The lowest BCUT2D eigenvalue weighted by atomic mass is 9.93. The molecule has 0 bridgehead atoms. The first kappa shape index (κ1) is 20.4. The van der Waals surface area contributed by atoms with Gasteiger partial charge in [0, 0.05) is 12.1 Å². The van der Waals surface area contributed by atoms with Crippen LogP contribution in [0.1, 0.15) is 80.9 Å².